The third-order valence-corrected chi connectivity index (χ3v) is 3.68. The number of ether oxygens (including phenoxy) is 1. The van der Waals surface area contributed by atoms with Crippen LogP contribution >= 0.6 is 0 Å². The Labute approximate surface area is 91.8 Å². The fourth-order valence-electron chi connectivity index (χ4n) is 2.43. The van der Waals surface area contributed by atoms with E-state index in [0.717, 1.165) is 52.4 Å². The number of aliphatic hydroxyl groups is 1. The zero-order valence-corrected chi connectivity index (χ0v) is 9.61. The summed E-state index contributed by atoms with van der Waals surface area (Å²) in [5.74, 6) is 0. The van der Waals surface area contributed by atoms with Crippen molar-refractivity contribution in [3.63, 3.8) is 0 Å². The van der Waals surface area contributed by atoms with E-state index < -0.39 is 0 Å². The van der Waals surface area contributed by atoms with Gasteiger partial charge in [0, 0.05) is 44.7 Å². The largest absolute Gasteiger partial charge is 0.396 e. The van der Waals surface area contributed by atoms with Gasteiger partial charge in [-0.15, -0.1) is 0 Å². The molecule has 1 atom stereocenters. The Kier molecular flexibility index (Phi) is 3.61. The smallest absolute Gasteiger partial charge is 0.0557 e. The molecule has 0 aromatic carbocycles. The van der Waals surface area contributed by atoms with Gasteiger partial charge in [-0.2, -0.15) is 0 Å². The third-order valence-electron chi connectivity index (χ3n) is 3.68. The second-order valence-electron chi connectivity index (χ2n) is 5.04. The second kappa shape index (κ2) is 4.78. The molecule has 0 saturated carbocycles. The molecule has 1 N–H and O–H groups in total. The monoisotopic (exact) mass is 214 g/mol. The topological polar surface area (TPSA) is 35.9 Å². The highest BCUT2D eigenvalue weighted by Gasteiger charge is 2.36. The zero-order valence-electron chi connectivity index (χ0n) is 9.61. The maximum atomic E-state index is 9.48. The van der Waals surface area contributed by atoms with E-state index in [1.807, 2.05) is 0 Å². The molecule has 88 valence electrons. The summed E-state index contributed by atoms with van der Waals surface area (Å²) < 4.78 is 5.42. The predicted octanol–water partition coefficient (Wildman–Crippen LogP) is -0.367. The van der Waals surface area contributed by atoms with Crippen LogP contribution in [0.1, 0.15) is 6.42 Å². The molecule has 0 aliphatic carbocycles. The molecule has 0 spiro atoms. The van der Waals surface area contributed by atoms with E-state index in [1.54, 1.807) is 0 Å². The van der Waals surface area contributed by atoms with E-state index in [9.17, 15) is 5.11 Å². The van der Waals surface area contributed by atoms with Crippen LogP contribution in [-0.4, -0.2) is 74.5 Å². The van der Waals surface area contributed by atoms with Crippen molar-refractivity contribution in [3.05, 3.63) is 0 Å². The zero-order chi connectivity index (χ0) is 10.7. The summed E-state index contributed by atoms with van der Waals surface area (Å²) in [4.78, 5) is 4.82. The Morgan fingerprint density at radius 1 is 1.27 bits per heavy atom. The molecule has 4 nitrogen and oxygen atoms in total. The number of aliphatic hydroxyl groups excluding tert-OH is 1. The Morgan fingerprint density at radius 2 is 2.00 bits per heavy atom. The van der Waals surface area contributed by atoms with Gasteiger partial charge in [0.05, 0.1) is 13.2 Å². The van der Waals surface area contributed by atoms with Crippen LogP contribution in [0.25, 0.3) is 0 Å². The molecule has 2 fully saturated rings. The predicted molar refractivity (Wildman–Crippen MR) is 58.9 cm³/mol. The van der Waals surface area contributed by atoms with Crippen molar-refractivity contribution in [2.45, 2.75) is 6.42 Å². The number of nitrogens with zero attached hydrogens (tertiary/aromatic N) is 2. The van der Waals surface area contributed by atoms with Gasteiger partial charge in [-0.05, 0) is 13.5 Å². The maximum absolute atomic E-state index is 9.48. The van der Waals surface area contributed by atoms with Gasteiger partial charge >= 0.3 is 0 Å². The van der Waals surface area contributed by atoms with E-state index in [-0.39, 0.29) is 12.0 Å². The molecule has 0 radical (unpaired) electrons. The minimum absolute atomic E-state index is 0.0237. The molecule has 15 heavy (non-hydrogen) atoms. The summed E-state index contributed by atoms with van der Waals surface area (Å²) in [6, 6.07) is 0. The number of piperazine rings is 1. The number of likely N-dealkylation sites (N-methyl/N-ethyl adjacent to an activating group) is 1. The second-order valence-corrected chi connectivity index (χ2v) is 5.04. The Balaban J connectivity index is 1.84. The van der Waals surface area contributed by atoms with Crippen molar-refractivity contribution >= 4 is 0 Å². The lowest BCUT2D eigenvalue weighted by Crippen LogP contribution is -2.49. The lowest BCUT2D eigenvalue weighted by molar-refractivity contribution is 0.0402. The van der Waals surface area contributed by atoms with Crippen LogP contribution in [0.5, 0.6) is 0 Å². The van der Waals surface area contributed by atoms with Crippen molar-refractivity contribution < 1.29 is 9.84 Å². The minimum Gasteiger partial charge on any atom is -0.396 e. The highest BCUT2D eigenvalue weighted by Crippen LogP contribution is 2.29. The van der Waals surface area contributed by atoms with E-state index in [0.29, 0.717) is 0 Å². The Bertz CT molecular complexity index is 197. The highest BCUT2D eigenvalue weighted by atomic mass is 16.5. The summed E-state index contributed by atoms with van der Waals surface area (Å²) in [6.07, 6.45) is 1.01. The molecule has 4 heteroatoms. The van der Waals surface area contributed by atoms with Crippen LogP contribution in [0, 0.1) is 5.41 Å². The van der Waals surface area contributed by atoms with Gasteiger partial charge < -0.3 is 19.6 Å². The summed E-state index contributed by atoms with van der Waals surface area (Å²) in [7, 11) is 2.16. The van der Waals surface area contributed by atoms with Gasteiger partial charge in [0.2, 0.25) is 0 Å². The summed E-state index contributed by atoms with van der Waals surface area (Å²) in [6.45, 7) is 7.34. The van der Waals surface area contributed by atoms with Gasteiger partial charge in [-0.3, -0.25) is 0 Å². The number of hydrogen-bond donors (Lipinski definition) is 1. The van der Waals surface area contributed by atoms with Gasteiger partial charge in [0.1, 0.15) is 0 Å². The molecule has 0 aromatic heterocycles. The van der Waals surface area contributed by atoms with E-state index in [4.69, 9.17) is 4.74 Å². The molecule has 0 bridgehead atoms. The van der Waals surface area contributed by atoms with Crippen LogP contribution < -0.4 is 0 Å². The first-order valence-electron chi connectivity index (χ1n) is 5.84. The summed E-state index contributed by atoms with van der Waals surface area (Å²) in [5.41, 5.74) is 0.0237. The summed E-state index contributed by atoms with van der Waals surface area (Å²) >= 11 is 0. The average Bonchev–Trinajstić information content (AvgIpc) is 2.71. The van der Waals surface area contributed by atoms with E-state index >= 15 is 0 Å². The fourth-order valence-corrected chi connectivity index (χ4v) is 2.43. The molecule has 2 rings (SSSR count). The minimum atomic E-state index is 0.0237. The van der Waals surface area contributed by atoms with Crippen molar-refractivity contribution in [2.75, 3.05) is 59.6 Å². The van der Waals surface area contributed by atoms with Crippen molar-refractivity contribution in [1.82, 2.24) is 9.80 Å². The number of hydrogen-bond acceptors (Lipinski definition) is 4. The van der Waals surface area contributed by atoms with Crippen LogP contribution in [0.4, 0.5) is 0 Å². The van der Waals surface area contributed by atoms with Crippen molar-refractivity contribution in [1.29, 1.82) is 0 Å². The van der Waals surface area contributed by atoms with Gasteiger partial charge in [-0.25, -0.2) is 0 Å². The van der Waals surface area contributed by atoms with Crippen LogP contribution in [-0.2, 0) is 4.74 Å². The van der Waals surface area contributed by atoms with Gasteiger partial charge in [-0.1, -0.05) is 0 Å². The average molecular weight is 214 g/mol. The SMILES string of the molecule is CN1CCN(CC2(CO)CCOC2)CC1. The lowest BCUT2D eigenvalue weighted by atomic mass is 9.87. The van der Waals surface area contributed by atoms with Crippen molar-refractivity contribution in [2.24, 2.45) is 5.41 Å². The molecule has 2 aliphatic rings. The standard InChI is InChI=1S/C11H22N2O2/c1-12-3-5-13(6-4-12)8-11(9-14)2-7-15-10-11/h14H,2-10H2,1H3. The third kappa shape index (κ3) is 2.69. The van der Waals surface area contributed by atoms with Crippen LogP contribution in [0.15, 0.2) is 0 Å². The van der Waals surface area contributed by atoms with E-state index in [1.165, 1.54) is 0 Å². The molecule has 1 unspecified atom stereocenters. The first-order valence-corrected chi connectivity index (χ1v) is 5.84. The highest BCUT2D eigenvalue weighted by molar-refractivity contribution is 4.87. The fraction of sp³-hybridized carbons (Fsp3) is 1.00. The van der Waals surface area contributed by atoms with Crippen LogP contribution in [0.3, 0.4) is 0 Å². The van der Waals surface area contributed by atoms with E-state index in [2.05, 4.69) is 16.8 Å². The Morgan fingerprint density at radius 3 is 2.53 bits per heavy atom. The van der Waals surface area contributed by atoms with Crippen molar-refractivity contribution in [3.8, 4) is 0 Å². The van der Waals surface area contributed by atoms with Crippen LogP contribution in [0.2, 0.25) is 0 Å². The molecule has 2 saturated heterocycles. The first-order chi connectivity index (χ1) is 7.24. The van der Waals surface area contributed by atoms with Gasteiger partial charge in [0.15, 0.2) is 0 Å². The molecule has 0 aromatic rings. The quantitative estimate of drug-likeness (QED) is 0.695. The normalized spacial score (nSPS) is 34.8. The lowest BCUT2D eigenvalue weighted by Gasteiger charge is -2.37. The van der Waals surface area contributed by atoms with Gasteiger partial charge in [0.25, 0.3) is 0 Å². The molecule has 0 amide bonds. The summed E-state index contributed by atoms with van der Waals surface area (Å²) in [5, 5.41) is 9.48. The molecular weight excluding hydrogens is 192 g/mol. The number of rotatable bonds is 3. The molecule has 2 heterocycles. The Hall–Kier alpha value is -0.160. The molecule has 2 aliphatic heterocycles. The molecular formula is C11H22N2O2. The first kappa shape index (κ1) is 11.3. The maximum Gasteiger partial charge on any atom is 0.0557 e.